The summed E-state index contributed by atoms with van der Waals surface area (Å²) >= 11 is 6.16. The molecule has 1 aromatic carbocycles. The topological polar surface area (TPSA) is 57.0 Å². The fourth-order valence-corrected chi connectivity index (χ4v) is 3.35. The van der Waals surface area contributed by atoms with Crippen LogP contribution in [0.1, 0.15) is 24.2 Å². The SMILES string of the molecule is COC[C@@H](C)n1c(=O)c(C)nc2c(-c3ccc(C(F)(F)F)cc3Cl)ccnc21. The van der Waals surface area contributed by atoms with E-state index in [4.69, 9.17) is 16.3 Å². The Balaban J connectivity index is 2.28. The number of rotatable bonds is 4. The number of fused-ring (bicyclic) bond motifs is 1. The molecule has 0 saturated carbocycles. The molecule has 0 aliphatic carbocycles. The van der Waals surface area contributed by atoms with E-state index in [1.54, 1.807) is 13.0 Å². The molecule has 148 valence electrons. The average molecular weight is 412 g/mol. The van der Waals surface area contributed by atoms with Gasteiger partial charge in [0.25, 0.3) is 5.56 Å². The minimum absolute atomic E-state index is 0.0653. The Morgan fingerprint density at radius 3 is 2.57 bits per heavy atom. The number of halogens is 4. The van der Waals surface area contributed by atoms with E-state index in [1.165, 1.54) is 23.9 Å². The van der Waals surface area contributed by atoms with Crippen LogP contribution in [0.5, 0.6) is 0 Å². The van der Waals surface area contributed by atoms with Gasteiger partial charge in [-0.2, -0.15) is 13.2 Å². The highest BCUT2D eigenvalue weighted by Crippen LogP contribution is 2.37. The predicted molar refractivity (Wildman–Crippen MR) is 101 cm³/mol. The van der Waals surface area contributed by atoms with E-state index in [2.05, 4.69) is 9.97 Å². The largest absolute Gasteiger partial charge is 0.416 e. The zero-order valence-electron chi connectivity index (χ0n) is 15.3. The molecule has 0 unspecified atom stereocenters. The van der Waals surface area contributed by atoms with Crippen LogP contribution in [-0.2, 0) is 10.9 Å². The van der Waals surface area contributed by atoms with Gasteiger partial charge in [-0.25, -0.2) is 9.97 Å². The molecule has 0 aliphatic rings. The first-order chi connectivity index (χ1) is 13.1. The molecule has 1 atom stereocenters. The van der Waals surface area contributed by atoms with Crippen molar-refractivity contribution in [3.05, 3.63) is 57.1 Å². The Morgan fingerprint density at radius 1 is 1.25 bits per heavy atom. The fraction of sp³-hybridized carbons (Fsp3) is 0.316. The summed E-state index contributed by atoms with van der Waals surface area (Å²) in [6.07, 6.45) is -3.02. The molecule has 2 heterocycles. The summed E-state index contributed by atoms with van der Waals surface area (Å²) in [6, 6.07) is 4.43. The zero-order valence-corrected chi connectivity index (χ0v) is 16.1. The van der Waals surface area contributed by atoms with Gasteiger partial charge >= 0.3 is 6.18 Å². The molecule has 0 spiro atoms. The Bertz CT molecular complexity index is 1100. The third-order valence-electron chi connectivity index (χ3n) is 4.38. The summed E-state index contributed by atoms with van der Waals surface area (Å²) in [5.41, 5.74) is 0.656. The van der Waals surface area contributed by atoms with Gasteiger partial charge in [-0.3, -0.25) is 9.36 Å². The van der Waals surface area contributed by atoms with E-state index in [1.807, 2.05) is 6.92 Å². The first-order valence-electron chi connectivity index (χ1n) is 8.39. The van der Waals surface area contributed by atoms with E-state index >= 15 is 0 Å². The monoisotopic (exact) mass is 411 g/mol. The molecule has 0 fully saturated rings. The first kappa shape index (κ1) is 20.3. The molecule has 5 nitrogen and oxygen atoms in total. The Kier molecular flexibility index (Phi) is 5.45. The normalized spacial score (nSPS) is 13.1. The number of benzene rings is 1. The van der Waals surface area contributed by atoms with Gasteiger partial charge in [0, 0.05) is 29.5 Å². The molecule has 0 radical (unpaired) electrons. The molecule has 3 rings (SSSR count). The zero-order chi connectivity index (χ0) is 20.6. The smallest absolute Gasteiger partial charge is 0.383 e. The van der Waals surface area contributed by atoms with Gasteiger partial charge < -0.3 is 4.74 Å². The summed E-state index contributed by atoms with van der Waals surface area (Å²) < 4.78 is 45.4. The van der Waals surface area contributed by atoms with Gasteiger partial charge in [-0.05, 0) is 32.0 Å². The van der Waals surface area contributed by atoms with Crippen molar-refractivity contribution in [3.8, 4) is 11.1 Å². The van der Waals surface area contributed by atoms with Crippen LogP contribution in [0, 0.1) is 6.92 Å². The standard InChI is InChI=1S/C19H17ClF3N3O2/c1-10(9-28-3)26-17-16(25-11(2)18(26)27)14(6-7-24-17)13-5-4-12(8-15(13)20)19(21,22)23/h4-8,10H,9H2,1-3H3/t10-/m1/s1. The maximum Gasteiger partial charge on any atom is 0.416 e. The maximum absolute atomic E-state index is 12.9. The lowest BCUT2D eigenvalue weighted by Crippen LogP contribution is -2.29. The number of aryl methyl sites for hydroxylation is 1. The lowest BCUT2D eigenvalue weighted by atomic mass is 10.0. The van der Waals surface area contributed by atoms with Crippen molar-refractivity contribution in [2.45, 2.75) is 26.1 Å². The molecule has 0 saturated heterocycles. The highest BCUT2D eigenvalue weighted by Gasteiger charge is 2.31. The number of alkyl halides is 3. The third-order valence-corrected chi connectivity index (χ3v) is 4.69. The maximum atomic E-state index is 12.9. The van der Waals surface area contributed by atoms with Crippen molar-refractivity contribution in [3.63, 3.8) is 0 Å². The molecule has 0 N–H and O–H groups in total. The summed E-state index contributed by atoms with van der Waals surface area (Å²) in [5, 5.41) is -0.0653. The van der Waals surface area contributed by atoms with E-state index < -0.39 is 11.7 Å². The predicted octanol–water partition coefficient (Wildman–Crippen LogP) is 4.65. The Labute approximate surface area is 163 Å². The molecular formula is C19H17ClF3N3O2. The number of methoxy groups -OCH3 is 1. The van der Waals surface area contributed by atoms with Gasteiger partial charge in [0.2, 0.25) is 0 Å². The van der Waals surface area contributed by atoms with Crippen LogP contribution in [0.4, 0.5) is 13.2 Å². The minimum Gasteiger partial charge on any atom is -0.383 e. The summed E-state index contributed by atoms with van der Waals surface area (Å²) in [7, 11) is 1.53. The highest BCUT2D eigenvalue weighted by molar-refractivity contribution is 6.33. The van der Waals surface area contributed by atoms with Crippen LogP contribution in [0.15, 0.2) is 35.3 Å². The molecule has 0 bridgehead atoms. The Morgan fingerprint density at radius 2 is 1.96 bits per heavy atom. The highest BCUT2D eigenvalue weighted by atomic mass is 35.5. The van der Waals surface area contributed by atoms with E-state index in [0.29, 0.717) is 22.3 Å². The number of aromatic nitrogens is 3. The molecule has 3 aromatic rings. The molecular weight excluding hydrogens is 395 g/mol. The minimum atomic E-state index is -4.49. The summed E-state index contributed by atoms with van der Waals surface area (Å²) in [6.45, 7) is 3.66. The Hall–Kier alpha value is -2.45. The van der Waals surface area contributed by atoms with Crippen LogP contribution in [0.3, 0.4) is 0 Å². The molecule has 0 aliphatic heterocycles. The van der Waals surface area contributed by atoms with Crippen molar-refractivity contribution in [2.24, 2.45) is 0 Å². The summed E-state index contributed by atoms with van der Waals surface area (Å²) in [4.78, 5) is 21.3. The molecule has 0 amide bonds. The number of hydrogen-bond donors (Lipinski definition) is 0. The van der Waals surface area contributed by atoms with Gasteiger partial charge in [0.15, 0.2) is 5.65 Å². The van der Waals surface area contributed by atoms with Crippen LogP contribution in [-0.4, -0.2) is 28.3 Å². The molecule has 28 heavy (non-hydrogen) atoms. The van der Waals surface area contributed by atoms with Crippen molar-refractivity contribution in [1.82, 2.24) is 14.5 Å². The van der Waals surface area contributed by atoms with Crippen molar-refractivity contribution in [1.29, 1.82) is 0 Å². The van der Waals surface area contributed by atoms with Crippen LogP contribution in [0.25, 0.3) is 22.3 Å². The van der Waals surface area contributed by atoms with Gasteiger partial charge in [0.05, 0.1) is 18.2 Å². The second-order valence-electron chi connectivity index (χ2n) is 6.40. The van der Waals surface area contributed by atoms with Crippen molar-refractivity contribution >= 4 is 22.8 Å². The van der Waals surface area contributed by atoms with Crippen molar-refractivity contribution in [2.75, 3.05) is 13.7 Å². The van der Waals surface area contributed by atoms with Gasteiger partial charge in [0.1, 0.15) is 11.2 Å². The average Bonchev–Trinajstić information content (AvgIpc) is 2.62. The lowest BCUT2D eigenvalue weighted by molar-refractivity contribution is -0.137. The second kappa shape index (κ2) is 7.52. The first-order valence-corrected chi connectivity index (χ1v) is 8.77. The van der Waals surface area contributed by atoms with Gasteiger partial charge in [-0.1, -0.05) is 17.7 Å². The van der Waals surface area contributed by atoms with Crippen molar-refractivity contribution < 1.29 is 17.9 Å². The van der Waals surface area contributed by atoms with Crippen LogP contribution < -0.4 is 5.56 Å². The van der Waals surface area contributed by atoms with E-state index in [0.717, 1.165) is 12.1 Å². The molecule has 2 aromatic heterocycles. The third kappa shape index (κ3) is 3.62. The number of nitrogens with zero attached hydrogens (tertiary/aromatic N) is 3. The van der Waals surface area contributed by atoms with Crippen LogP contribution >= 0.6 is 11.6 Å². The number of ether oxygens (including phenoxy) is 1. The van der Waals surface area contributed by atoms with E-state index in [9.17, 15) is 18.0 Å². The molecule has 9 heteroatoms. The van der Waals surface area contributed by atoms with Gasteiger partial charge in [-0.15, -0.1) is 0 Å². The van der Waals surface area contributed by atoms with E-state index in [-0.39, 0.29) is 28.9 Å². The number of hydrogen-bond acceptors (Lipinski definition) is 4. The fourth-order valence-electron chi connectivity index (χ4n) is 3.07. The lowest BCUT2D eigenvalue weighted by Gasteiger charge is -2.18. The summed E-state index contributed by atoms with van der Waals surface area (Å²) in [5.74, 6) is 0. The number of pyridine rings is 1. The quantitative estimate of drug-likeness (QED) is 0.627. The second-order valence-corrected chi connectivity index (χ2v) is 6.81. The van der Waals surface area contributed by atoms with Crippen LogP contribution in [0.2, 0.25) is 5.02 Å².